The van der Waals surface area contributed by atoms with Crippen LogP contribution in [0.1, 0.15) is 35.6 Å². The fraction of sp³-hybridized carbons (Fsp3) is 0.333. The fourth-order valence-electron chi connectivity index (χ4n) is 5.28. The Balaban J connectivity index is 1.24. The Morgan fingerprint density at radius 3 is 2.74 bits per heavy atom. The number of halogens is 1. The highest BCUT2D eigenvalue weighted by Crippen LogP contribution is 2.33. The fourth-order valence-corrected chi connectivity index (χ4v) is 6.46. The Labute approximate surface area is 207 Å². The first-order valence-corrected chi connectivity index (χ1v) is 13.0. The number of aryl methyl sites for hydroxylation is 1. The molecule has 1 aliphatic heterocycles. The lowest BCUT2D eigenvalue weighted by Gasteiger charge is -2.27. The van der Waals surface area contributed by atoms with E-state index in [0.29, 0.717) is 9.72 Å². The molecule has 2 aromatic carbocycles. The van der Waals surface area contributed by atoms with Crippen molar-refractivity contribution in [1.82, 2.24) is 14.5 Å². The van der Waals surface area contributed by atoms with E-state index >= 15 is 0 Å². The maximum absolute atomic E-state index is 13.4. The van der Waals surface area contributed by atoms with Crippen LogP contribution in [0.25, 0.3) is 20.7 Å². The SMILES string of the molecule is O=c1c2sc(-c3ccc(Cl)cc3)cc2ncn1[C@H]1CCc2cc(CN3CC[C@H](O)C3)ccc2C1. The quantitative estimate of drug-likeness (QED) is 0.432. The van der Waals surface area contributed by atoms with E-state index in [4.69, 9.17) is 11.6 Å². The predicted octanol–water partition coefficient (Wildman–Crippen LogP) is 5.08. The van der Waals surface area contributed by atoms with Gasteiger partial charge in [0.1, 0.15) is 4.70 Å². The zero-order valence-corrected chi connectivity index (χ0v) is 20.4. The first kappa shape index (κ1) is 22.0. The molecule has 0 amide bonds. The van der Waals surface area contributed by atoms with Crippen LogP contribution in [0.15, 0.2) is 59.7 Å². The highest BCUT2D eigenvalue weighted by Gasteiger charge is 2.24. The molecule has 1 aliphatic carbocycles. The lowest BCUT2D eigenvalue weighted by molar-refractivity contribution is 0.175. The number of hydrogen-bond donors (Lipinski definition) is 1. The number of aliphatic hydroxyl groups is 1. The molecule has 2 aromatic heterocycles. The first-order chi connectivity index (χ1) is 16.5. The van der Waals surface area contributed by atoms with Crippen molar-refractivity contribution in [2.45, 2.75) is 44.4 Å². The number of aromatic nitrogens is 2. The van der Waals surface area contributed by atoms with E-state index in [9.17, 15) is 9.90 Å². The Hall–Kier alpha value is -2.51. The van der Waals surface area contributed by atoms with Gasteiger partial charge in [0.05, 0.1) is 17.9 Å². The summed E-state index contributed by atoms with van der Waals surface area (Å²) in [5, 5.41) is 10.5. The number of likely N-dealkylation sites (tertiary alicyclic amines) is 1. The van der Waals surface area contributed by atoms with Crippen LogP contribution in [0.4, 0.5) is 0 Å². The summed E-state index contributed by atoms with van der Waals surface area (Å²) in [5.74, 6) is 0. The van der Waals surface area contributed by atoms with Gasteiger partial charge in [0.25, 0.3) is 5.56 Å². The Morgan fingerprint density at radius 2 is 1.94 bits per heavy atom. The number of thiophene rings is 1. The Kier molecular flexibility index (Phi) is 5.77. The molecule has 0 saturated carbocycles. The largest absolute Gasteiger partial charge is 0.392 e. The molecule has 1 N–H and O–H groups in total. The summed E-state index contributed by atoms with van der Waals surface area (Å²) in [4.78, 5) is 21.4. The Morgan fingerprint density at radius 1 is 1.09 bits per heavy atom. The highest BCUT2D eigenvalue weighted by molar-refractivity contribution is 7.22. The molecule has 34 heavy (non-hydrogen) atoms. The molecule has 1 fully saturated rings. The van der Waals surface area contributed by atoms with Crippen molar-refractivity contribution < 1.29 is 5.11 Å². The minimum absolute atomic E-state index is 0.0490. The number of rotatable bonds is 4. The summed E-state index contributed by atoms with van der Waals surface area (Å²) in [6.07, 6.45) is 5.15. The van der Waals surface area contributed by atoms with E-state index in [1.165, 1.54) is 28.0 Å². The van der Waals surface area contributed by atoms with E-state index in [1.54, 1.807) is 6.33 Å². The third kappa shape index (κ3) is 4.20. The van der Waals surface area contributed by atoms with Crippen LogP contribution < -0.4 is 5.56 Å². The lowest BCUT2D eigenvalue weighted by atomic mass is 9.87. The maximum atomic E-state index is 13.4. The second-order valence-corrected chi connectivity index (χ2v) is 11.0. The average Bonchev–Trinajstić information content (AvgIpc) is 3.46. The highest BCUT2D eigenvalue weighted by atomic mass is 35.5. The van der Waals surface area contributed by atoms with Crippen LogP contribution >= 0.6 is 22.9 Å². The average molecular weight is 492 g/mol. The number of nitrogens with zero attached hydrogens (tertiary/aromatic N) is 3. The molecule has 0 radical (unpaired) electrons. The first-order valence-electron chi connectivity index (χ1n) is 11.8. The number of hydrogen-bond acceptors (Lipinski definition) is 5. The predicted molar refractivity (Wildman–Crippen MR) is 138 cm³/mol. The van der Waals surface area contributed by atoms with E-state index in [2.05, 4.69) is 28.1 Å². The van der Waals surface area contributed by atoms with Gasteiger partial charge in [0, 0.05) is 35.6 Å². The van der Waals surface area contributed by atoms with Gasteiger partial charge in [-0.15, -0.1) is 11.3 Å². The number of aliphatic hydroxyl groups excluding tert-OH is 1. The van der Waals surface area contributed by atoms with Crippen LogP contribution in [-0.4, -0.2) is 38.8 Å². The van der Waals surface area contributed by atoms with Crippen LogP contribution in [0.2, 0.25) is 5.02 Å². The zero-order chi connectivity index (χ0) is 23.2. The molecule has 3 heterocycles. The van der Waals surface area contributed by atoms with Gasteiger partial charge in [0.15, 0.2) is 0 Å². The maximum Gasteiger partial charge on any atom is 0.271 e. The summed E-state index contributed by atoms with van der Waals surface area (Å²) >= 11 is 7.53. The van der Waals surface area contributed by atoms with Crippen molar-refractivity contribution in [1.29, 1.82) is 0 Å². The lowest BCUT2D eigenvalue weighted by Crippen LogP contribution is -2.28. The van der Waals surface area contributed by atoms with Gasteiger partial charge in [-0.3, -0.25) is 14.3 Å². The van der Waals surface area contributed by atoms with Gasteiger partial charge in [-0.2, -0.15) is 0 Å². The molecular formula is C27H26ClN3O2S. The Bertz CT molecular complexity index is 1410. The molecule has 2 atom stereocenters. The zero-order valence-electron chi connectivity index (χ0n) is 18.8. The van der Waals surface area contributed by atoms with Crippen LogP contribution in [0, 0.1) is 0 Å². The van der Waals surface area contributed by atoms with Gasteiger partial charge in [-0.1, -0.05) is 41.9 Å². The molecule has 1 saturated heterocycles. The summed E-state index contributed by atoms with van der Waals surface area (Å²) in [6.45, 7) is 2.61. The monoisotopic (exact) mass is 491 g/mol. The minimum Gasteiger partial charge on any atom is -0.392 e. The second kappa shape index (κ2) is 8.93. The van der Waals surface area contributed by atoms with Crippen LogP contribution in [0.5, 0.6) is 0 Å². The molecule has 5 nitrogen and oxygen atoms in total. The van der Waals surface area contributed by atoms with E-state index in [-0.39, 0.29) is 17.7 Å². The molecule has 6 rings (SSSR count). The third-order valence-electron chi connectivity index (χ3n) is 7.11. The van der Waals surface area contributed by atoms with Crippen molar-refractivity contribution in [2.24, 2.45) is 0 Å². The van der Waals surface area contributed by atoms with Crippen molar-refractivity contribution >= 4 is 33.2 Å². The van der Waals surface area contributed by atoms with Crippen LogP contribution in [-0.2, 0) is 19.4 Å². The summed E-state index contributed by atoms with van der Waals surface area (Å²) in [6, 6.07) is 16.5. The summed E-state index contributed by atoms with van der Waals surface area (Å²) in [7, 11) is 0. The van der Waals surface area contributed by atoms with Crippen molar-refractivity contribution in [3.05, 3.63) is 86.9 Å². The molecule has 0 bridgehead atoms. The van der Waals surface area contributed by atoms with Gasteiger partial charge in [0.2, 0.25) is 0 Å². The van der Waals surface area contributed by atoms with Crippen molar-refractivity contribution in [3.8, 4) is 10.4 Å². The number of β-amino-alcohol motifs (C(OH)–C–C–N with tert-alkyl or cyclic N) is 1. The van der Waals surface area contributed by atoms with Gasteiger partial charge in [-0.25, -0.2) is 4.98 Å². The van der Waals surface area contributed by atoms with Crippen molar-refractivity contribution in [2.75, 3.05) is 13.1 Å². The molecule has 0 spiro atoms. The molecule has 174 valence electrons. The normalized spacial score (nSPS) is 20.6. The topological polar surface area (TPSA) is 58.4 Å². The standard InChI is InChI=1S/C27H26ClN3O2S/c28-21-6-3-18(4-7-21)25-13-24-26(34-25)27(33)31(16-29-24)22-8-5-19-11-17(1-2-20(19)12-22)14-30-10-9-23(32)15-30/h1-4,6-7,11,13,16,22-23,32H,5,8-10,12,14-15H2/t22-,23-/m0/s1. The smallest absolute Gasteiger partial charge is 0.271 e. The molecular weight excluding hydrogens is 466 g/mol. The minimum atomic E-state index is -0.187. The molecule has 4 aromatic rings. The number of fused-ring (bicyclic) bond motifs is 2. The van der Waals surface area contributed by atoms with Crippen molar-refractivity contribution in [3.63, 3.8) is 0 Å². The second-order valence-electron chi connectivity index (χ2n) is 9.47. The van der Waals surface area contributed by atoms with E-state index in [0.717, 1.165) is 61.3 Å². The third-order valence-corrected chi connectivity index (χ3v) is 8.52. The molecule has 7 heteroatoms. The van der Waals surface area contributed by atoms with Gasteiger partial charge >= 0.3 is 0 Å². The van der Waals surface area contributed by atoms with Gasteiger partial charge < -0.3 is 5.11 Å². The summed E-state index contributed by atoms with van der Waals surface area (Å²) in [5.41, 5.74) is 5.86. The molecule has 0 unspecified atom stereocenters. The number of benzene rings is 2. The molecule has 2 aliphatic rings. The summed E-state index contributed by atoms with van der Waals surface area (Å²) < 4.78 is 2.55. The van der Waals surface area contributed by atoms with Crippen LogP contribution in [0.3, 0.4) is 0 Å². The van der Waals surface area contributed by atoms with E-state index in [1.807, 2.05) is 34.9 Å². The van der Waals surface area contributed by atoms with Gasteiger partial charge in [-0.05, 0) is 66.1 Å². The van der Waals surface area contributed by atoms with E-state index < -0.39 is 0 Å².